The highest BCUT2D eigenvalue weighted by Crippen LogP contribution is 2.04. The number of thiocarbonyl (C=S) groups is 1. The van der Waals surface area contributed by atoms with E-state index in [2.05, 4.69) is 28.9 Å². The van der Waals surface area contributed by atoms with Gasteiger partial charge in [-0.2, -0.15) is 5.10 Å². The summed E-state index contributed by atoms with van der Waals surface area (Å²) in [6, 6.07) is 0. The molecule has 0 spiro atoms. The third kappa shape index (κ3) is 6.02. The van der Waals surface area contributed by atoms with E-state index in [9.17, 15) is 0 Å². The molecular weight excluding hydrogens is 260 g/mol. The van der Waals surface area contributed by atoms with Crippen molar-refractivity contribution in [3.63, 3.8) is 0 Å². The number of nitrogens with one attached hydrogen (secondary N) is 2. The van der Waals surface area contributed by atoms with Gasteiger partial charge in [0.1, 0.15) is 0 Å². The van der Waals surface area contributed by atoms with Gasteiger partial charge in [0.25, 0.3) is 0 Å². The summed E-state index contributed by atoms with van der Waals surface area (Å²) in [5, 5.41) is 11.4. The summed E-state index contributed by atoms with van der Waals surface area (Å²) in [5.74, 6) is 0. The zero-order valence-electron chi connectivity index (χ0n) is 12.0. The number of ether oxygens (including phenoxy) is 1. The second-order valence-electron chi connectivity index (χ2n) is 4.26. The summed E-state index contributed by atoms with van der Waals surface area (Å²) in [6.45, 7) is 10.1. The van der Waals surface area contributed by atoms with Crippen molar-refractivity contribution in [3.8, 4) is 0 Å². The lowest BCUT2D eigenvalue weighted by Gasteiger charge is -2.09. The first kappa shape index (κ1) is 15.9. The van der Waals surface area contributed by atoms with Crippen molar-refractivity contribution in [2.45, 2.75) is 40.3 Å². The van der Waals surface area contributed by atoms with Gasteiger partial charge in [-0.15, -0.1) is 0 Å². The van der Waals surface area contributed by atoms with E-state index in [0.29, 0.717) is 11.7 Å². The van der Waals surface area contributed by atoms with Crippen molar-refractivity contribution in [1.82, 2.24) is 20.4 Å². The van der Waals surface area contributed by atoms with E-state index in [1.54, 1.807) is 0 Å². The Bertz CT molecular complexity index is 392. The number of nitrogens with zero attached hydrogens (tertiary/aromatic N) is 2. The quantitative estimate of drug-likeness (QED) is 0.561. The van der Waals surface area contributed by atoms with Crippen LogP contribution in [-0.2, 0) is 17.8 Å². The van der Waals surface area contributed by atoms with Crippen LogP contribution >= 0.6 is 12.2 Å². The van der Waals surface area contributed by atoms with E-state index < -0.39 is 0 Å². The van der Waals surface area contributed by atoms with Crippen LogP contribution in [0.4, 0.5) is 0 Å². The Kier molecular flexibility index (Phi) is 7.43. The molecule has 1 aromatic heterocycles. The third-order valence-corrected chi connectivity index (χ3v) is 3.06. The predicted octanol–water partition coefficient (Wildman–Crippen LogP) is 1.60. The van der Waals surface area contributed by atoms with Crippen LogP contribution in [0, 0.1) is 6.92 Å². The summed E-state index contributed by atoms with van der Waals surface area (Å²) in [6.07, 6.45) is 3.02. The summed E-state index contributed by atoms with van der Waals surface area (Å²) in [4.78, 5) is 0. The van der Waals surface area contributed by atoms with Gasteiger partial charge in [0.05, 0.1) is 5.69 Å². The van der Waals surface area contributed by atoms with Crippen molar-refractivity contribution in [3.05, 3.63) is 17.5 Å². The summed E-state index contributed by atoms with van der Waals surface area (Å²) >= 11 is 5.22. The molecule has 0 unspecified atom stereocenters. The molecule has 0 aliphatic carbocycles. The number of rotatable bonds is 8. The summed E-state index contributed by atoms with van der Waals surface area (Å²) in [7, 11) is 0. The van der Waals surface area contributed by atoms with Gasteiger partial charge in [-0.1, -0.05) is 0 Å². The fraction of sp³-hybridized carbons (Fsp3) is 0.692. The summed E-state index contributed by atoms with van der Waals surface area (Å²) in [5.41, 5.74) is 2.23. The van der Waals surface area contributed by atoms with Crippen LogP contribution in [0.5, 0.6) is 0 Å². The highest BCUT2D eigenvalue weighted by Gasteiger charge is 2.04. The first-order valence-electron chi connectivity index (χ1n) is 6.79. The van der Waals surface area contributed by atoms with Crippen LogP contribution in [0.25, 0.3) is 0 Å². The van der Waals surface area contributed by atoms with Gasteiger partial charge in [0, 0.05) is 44.6 Å². The van der Waals surface area contributed by atoms with Crippen LogP contribution < -0.4 is 10.6 Å². The van der Waals surface area contributed by atoms with Crippen molar-refractivity contribution in [2.75, 3.05) is 19.8 Å². The van der Waals surface area contributed by atoms with Crippen molar-refractivity contribution in [2.24, 2.45) is 0 Å². The Morgan fingerprint density at radius 3 is 2.84 bits per heavy atom. The van der Waals surface area contributed by atoms with Crippen LogP contribution in [0.15, 0.2) is 6.20 Å². The van der Waals surface area contributed by atoms with E-state index in [-0.39, 0.29) is 0 Å². The molecule has 0 radical (unpaired) electrons. The molecule has 1 heterocycles. The zero-order valence-corrected chi connectivity index (χ0v) is 12.8. The minimum atomic E-state index is 0.681. The Morgan fingerprint density at radius 2 is 2.21 bits per heavy atom. The Labute approximate surface area is 120 Å². The Balaban J connectivity index is 2.20. The van der Waals surface area contributed by atoms with Gasteiger partial charge in [0.2, 0.25) is 0 Å². The molecular formula is C13H24N4OS. The van der Waals surface area contributed by atoms with Gasteiger partial charge in [-0.25, -0.2) is 0 Å². The summed E-state index contributed by atoms with van der Waals surface area (Å²) < 4.78 is 7.20. The SMILES string of the molecule is CCOCCCNC(=S)NCc1cn(CC)nc1C. The molecule has 2 N–H and O–H groups in total. The molecule has 0 saturated carbocycles. The fourth-order valence-electron chi connectivity index (χ4n) is 1.65. The zero-order chi connectivity index (χ0) is 14.1. The highest BCUT2D eigenvalue weighted by atomic mass is 32.1. The Morgan fingerprint density at radius 1 is 1.42 bits per heavy atom. The first-order valence-corrected chi connectivity index (χ1v) is 7.20. The predicted molar refractivity (Wildman–Crippen MR) is 81.2 cm³/mol. The van der Waals surface area contributed by atoms with E-state index in [4.69, 9.17) is 17.0 Å². The largest absolute Gasteiger partial charge is 0.382 e. The maximum Gasteiger partial charge on any atom is 0.166 e. The van der Waals surface area contributed by atoms with E-state index in [0.717, 1.165) is 38.4 Å². The molecule has 19 heavy (non-hydrogen) atoms. The van der Waals surface area contributed by atoms with Crippen LogP contribution in [0.3, 0.4) is 0 Å². The smallest absolute Gasteiger partial charge is 0.166 e. The monoisotopic (exact) mass is 284 g/mol. The van der Waals surface area contributed by atoms with Crippen molar-refractivity contribution in [1.29, 1.82) is 0 Å². The molecule has 0 bridgehead atoms. The van der Waals surface area contributed by atoms with E-state index in [1.165, 1.54) is 5.56 Å². The van der Waals surface area contributed by atoms with Crippen molar-refractivity contribution < 1.29 is 4.74 Å². The number of hydrogen-bond donors (Lipinski definition) is 2. The van der Waals surface area contributed by atoms with E-state index >= 15 is 0 Å². The molecule has 0 atom stereocenters. The van der Waals surface area contributed by atoms with Gasteiger partial charge >= 0.3 is 0 Å². The molecule has 0 aromatic carbocycles. The molecule has 0 amide bonds. The average Bonchev–Trinajstić information content (AvgIpc) is 2.77. The van der Waals surface area contributed by atoms with Crippen LogP contribution in [-0.4, -0.2) is 34.7 Å². The molecule has 108 valence electrons. The molecule has 6 heteroatoms. The molecule has 0 fully saturated rings. The first-order chi connectivity index (χ1) is 9.17. The molecule has 0 aliphatic rings. The standard InChI is InChI=1S/C13H24N4OS/c1-4-17-10-12(11(3)16-17)9-15-13(19)14-7-6-8-18-5-2/h10H,4-9H2,1-3H3,(H2,14,15,19). The minimum Gasteiger partial charge on any atom is -0.382 e. The van der Waals surface area contributed by atoms with Crippen LogP contribution in [0.2, 0.25) is 0 Å². The molecule has 0 aliphatic heterocycles. The second-order valence-corrected chi connectivity index (χ2v) is 4.66. The lowest BCUT2D eigenvalue weighted by molar-refractivity contribution is 0.145. The van der Waals surface area contributed by atoms with Gasteiger partial charge in [0.15, 0.2) is 5.11 Å². The third-order valence-electron chi connectivity index (χ3n) is 2.77. The lowest BCUT2D eigenvalue weighted by Crippen LogP contribution is -2.35. The highest BCUT2D eigenvalue weighted by molar-refractivity contribution is 7.80. The van der Waals surface area contributed by atoms with Gasteiger partial charge < -0.3 is 15.4 Å². The van der Waals surface area contributed by atoms with Gasteiger partial charge in [-0.05, 0) is 39.4 Å². The average molecular weight is 284 g/mol. The molecule has 1 aromatic rings. The normalized spacial score (nSPS) is 10.5. The maximum absolute atomic E-state index is 5.26. The van der Waals surface area contributed by atoms with Crippen molar-refractivity contribution >= 4 is 17.3 Å². The Hall–Kier alpha value is -1.14. The fourth-order valence-corrected chi connectivity index (χ4v) is 1.83. The topological polar surface area (TPSA) is 51.1 Å². The number of aryl methyl sites for hydroxylation is 2. The molecule has 5 nitrogen and oxygen atoms in total. The molecule has 1 rings (SSSR count). The molecule has 0 saturated heterocycles. The minimum absolute atomic E-state index is 0.681. The number of aromatic nitrogens is 2. The lowest BCUT2D eigenvalue weighted by atomic mass is 10.3. The van der Waals surface area contributed by atoms with E-state index in [1.807, 2.05) is 18.5 Å². The second kappa shape index (κ2) is 8.87. The maximum atomic E-state index is 5.26. The number of hydrogen-bond acceptors (Lipinski definition) is 3. The van der Waals surface area contributed by atoms with Gasteiger partial charge in [-0.3, -0.25) is 4.68 Å². The van der Waals surface area contributed by atoms with Crippen LogP contribution in [0.1, 0.15) is 31.5 Å².